The minimum absolute atomic E-state index is 0.251. The second-order valence-electron chi connectivity index (χ2n) is 5.41. The van der Waals surface area contributed by atoms with Gasteiger partial charge in [0, 0.05) is 16.6 Å². The number of aryl methyl sites for hydroxylation is 1. The molecule has 0 fully saturated rings. The first-order valence-electron chi connectivity index (χ1n) is 6.64. The van der Waals surface area contributed by atoms with E-state index >= 15 is 0 Å². The fourth-order valence-corrected chi connectivity index (χ4v) is 2.46. The predicted molar refractivity (Wildman–Crippen MR) is 77.5 cm³/mol. The van der Waals surface area contributed by atoms with E-state index in [0.717, 1.165) is 17.6 Å². The number of pyridine rings is 1. The Hall–Kier alpha value is -1.41. The molecule has 2 N–H and O–H groups in total. The molecule has 2 aromatic rings. The lowest BCUT2D eigenvalue weighted by Gasteiger charge is -2.33. The molecule has 0 saturated heterocycles. The highest BCUT2D eigenvalue weighted by molar-refractivity contribution is 5.79. The van der Waals surface area contributed by atoms with Crippen LogP contribution in [0, 0.1) is 12.8 Å². The highest BCUT2D eigenvalue weighted by Crippen LogP contribution is 2.31. The molecular weight excluding hydrogens is 220 g/mol. The van der Waals surface area contributed by atoms with Gasteiger partial charge in [-0.15, -0.1) is 0 Å². The smallest absolute Gasteiger partial charge is 0.0705 e. The van der Waals surface area contributed by atoms with Crippen LogP contribution < -0.4 is 5.73 Å². The van der Waals surface area contributed by atoms with Gasteiger partial charge in [0.15, 0.2) is 0 Å². The van der Waals surface area contributed by atoms with E-state index in [4.69, 9.17) is 5.73 Å². The van der Waals surface area contributed by atoms with Gasteiger partial charge in [0.25, 0.3) is 0 Å². The second-order valence-corrected chi connectivity index (χ2v) is 5.41. The number of fused-ring (bicyclic) bond motifs is 1. The summed E-state index contributed by atoms with van der Waals surface area (Å²) in [4.78, 5) is 4.53. The Kier molecular flexibility index (Phi) is 3.40. The average Bonchev–Trinajstić information content (AvgIpc) is 2.36. The van der Waals surface area contributed by atoms with E-state index in [-0.39, 0.29) is 5.54 Å². The molecule has 1 heterocycles. The van der Waals surface area contributed by atoms with Gasteiger partial charge in [-0.3, -0.25) is 4.98 Å². The maximum absolute atomic E-state index is 6.56. The largest absolute Gasteiger partial charge is 0.321 e. The monoisotopic (exact) mass is 242 g/mol. The fourth-order valence-electron chi connectivity index (χ4n) is 2.46. The molecule has 0 amide bonds. The Morgan fingerprint density at radius 2 is 1.94 bits per heavy atom. The lowest BCUT2D eigenvalue weighted by Crippen LogP contribution is -2.41. The highest BCUT2D eigenvalue weighted by atomic mass is 14.8. The fraction of sp³-hybridized carbons (Fsp3) is 0.438. The number of hydrogen-bond donors (Lipinski definition) is 1. The maximum Gasteiger partial charge on any atom is 0.0705 e. The van der Waals surface area contributed by atoms with Gasteiger partial charge in [-0.2, -0.15) is 0 Å². The van der Waals surface area contributed by atoms with Crippen molar-refractivity contribution in [1.82, 2.24) is 4.98 Å². The number of rotatable bonds is 3. The summed E-state index contributed by atoms with van der Waals surface area (Å²) < 4.78 is 0. The minimum atomic E-state index is -0.251. The minimum Gasteiger partial charge on any atom is -0.321 e. The Morgan fingerprint density at radius 3 is 2.56 bits per heavy atom. The van der Waals surface area contributed by atoms with Crippen molar-refractivity contribution in [2.75, 3.05) is 0 Å². The van der Waals surface area contributed by atoms with Crippen molar-refractivity contribution >= 4 is 10.9 Å². The summed E-state index contributed by atoms with van der Waals surface area (Å²) in [6.45, 7) is 8.53. The summed E-state index contributed by atoms with van der Waals surface area (Å²) in [6, 6.07) is 10.6. The Bertz CT molecular complexity index is 560. The van der Waals surface area contributed by atoms with Gasteiger partial charge >= 0.3 is 0 Å². The summed E-state index contributed by atoms with van der Waals surface area (Å²) in [5.74, 6) is 0.415. The summed E-state index contributed by atoms with van der Waals surface area (Å²) >= 11 is 0. The zero-order chi connectivity index (χ0) is 13.3. The topological polar surface area (TPSA) is 38.9 Å². The highest BCUT2D eigenvalue weighted by Gasteiger charge is 2.29. The number of benzene rings is 1. The quantitative estimate of drug-likeness (QED) is 0.890. The molecule has 0 spiro atoms. The molecule has 2 nitrogen and oxygen atoms in total. The van der Waals surface area contributed by atoms with Crippen LogP contribution in [-0.2, 0) is 5.54 Å². The number of nitrogens with zero attached hydrogens (tertiary/aromatic N) is 1. The van der Waals surface area contributed by atoms with E-state index in [9.17, 15) is 0 Å². The van der Waals surface area contributed by atoms with Crippen LogP contribution in [0.15, 0.2) is 30.3 Å². The van der Waals surface area contributed by atoms with Gasteiger partial charge in [-0.1, -0.05) is 32.9 Å². The van der Waals surface area contributed by atoms with E-state index in [2.05, 4.69) is 50.0 Å². The standard InChI is InChI=1S/C16H22N2/c1-5-16(17,11(2)3)14-8-9-15-13(10-14)7-6-12(4)18-15/h6-11H,5,17H2,1-4H3. The second kappa shape index (κ2) is 4.69. The lowest BCUT2D eigenvalue weighted by molar-refractivity contribution is 0.306. The first-order valence-corrected chi connectivity index (χ1v) is 6.64. The molecule has 2 rings (SSSR count). The van der Waals surface area contributed by atoms with Crippen LogP contribution in [0.1, 0.15) is 38.4 Å². The Labute approximate surface area is 109 Å². The summed E-state index contributed by atoms with van der Waals surface area (Å²) in [5, 5.41) is 1.17. The van der Waals surface area contributed by atoms with Crippen LogP contribution in [0.3, 0.4) is 0 Å². The SMILES string of the molecule is CCC(N)(c1ccc2nc(C)ccc2c1)C(C)C. The van der Waals surface area contributed by atoms with Crippen LogP contribution in [0.4, 0.5) is 0 Å². The van der Waals surface area contributed by atoms with Gasteiger partial charge in [0.2, 0.25) is 0 Å². The van der Waals surface area contributed by atoms with Crippen LogP contribution in [0.2, 0.25) is 0 Å². The van der Waals surface area contributed by atoms with E-state index in [1.54, 1.807) is 0 Å². The van der Waals surface area contributed by atoms with E-state index in [1.165, 1.54) is 10.9 Å². The van der Waals surface area contributed by atoms with Gasteiger partial charge in [0.05, 0.1) is 5.52 Å². The van der Waals surface area contributed by atoms with Crippen LogP contribution in [0.25, 0.3) is 10.9 Å². The van der Waals surface area contributed by atoms with Crippen molar-refractivity contribution in [1.29, 1.82) is 0 Å². The van der Waals surface area contributed by atoms with Crippen molar-refractivity contribution in [2.45, 2.75) is 39.7 Å². The number of hydrogen-bond acceptors (Lipinski definition) is 2. The van der Waals surface area contributed by atoms with Crippen molar-refractivity contribution < 1.29 is 0 Å². The molecule has 1 atom stereocenters. The molecule has 0 radical (unpaired) electrons. The molecule has 1 unspecified atom stereocenters. The molecular formula is C16H22N2. The molecule has 0 saturated carbocycles. The molecule has 1 aromatic carbocycles. The van der Waals surface area contributed by atoms with E-state index < -0.39 is 0 Å². The zero-order valence-electron chi connectivity index (χ0n) is 11.7. The van der Waals surface area contributed by atoms with Crippen molar-refractivity contribution in [3.05, 3.63) is 41.6 Å². The van der Waals surface area contributed by atoms with Crippen molar-refractivity contribution in [2.24, 2.45) is 11.7 Å². The third-order valence-corrected chi connectivity index (χ3v) is 3.98. The first-order chi connectivity index (χ1) is 8.47. The van der Waals surface area contributed by atoms with E-state index in [1.807, 2.05) is 13.0 Å². The number of nitrogens with two attached hydrogens (primary N) is 1. The average molecular weight is 242 g/mol. The maximum atomic E-state index is 6.56. The van der Waals surface area contributed by atoms with Crippen LogP contribution >= 0.6 is 0 Å². The third-order valence-electron chi connectivity index (χ3n) is 3.98. The lowest BCUT2D eigenvalue weighted by atomic mass is 9.78. The van der Waals surface area contributed by atoms with Crippen molar-refractivity contribution in [3.8, 4) is 0 Å². The molecule has 96 valence electrons. The molecule has 2 heteroatoms. The first kappa shape index (κ1) is 13.0. The van der Waals surface area contributed by atoms with Gasteiger partial charge in [-0.05, 0) is 43.0 Å². The molecule has 0 aliphatic carbocycles. The summed E-state index contributed by atoms with van der Waals surface area (Å²) in [6.07, 6.45) is 0.940. The van der Waals surface area contributed by atoms with Gasteiger partial charge < -0.3 is 5.73 Å². The molecule has 0 bridgehead atoms. The molecule has 18 heavy (non-hydrogen) atoms. The van der Waals surface area contributed by atoms with Crippen LogP contribution in [-0.4, -0.2) is 4.98 Å². The number of aromatic nitrogens is 1. The van der Waals surface area contributed by atoms with Crippen LogP contribution in [0.5, 0.6) is 0 Å². The zero-order valence-corrected chi connectivity index (χ0v) is 11.7. The molecule has 0 aliphatic heterocycles. The summed E-state index contributed by atoms with van der Waals surface area (Å²) in [5.41, 5.74) is 9.61. The van der Waals surface area contributed by atoms with Gasteiger partial charge in [-0.25, -0.2) is 0 Å². The molecule has 1 aromatic heterocycles. The van der Waals surface area contributed by atoms with E-state index in [0.29, 0.717) is 5.92 Å². The predicted octanol–water partition coefficient (Wildman–Crippen LogP) is 3.76. The van der Waals surface area contributed by atoms with Gasteiger partial charge in [0.1, 0.15) is 0 Å². The normalized spacial score (nSPS) is 15.0. The molecule has 0 aliphatic rings. The Balaban J connectivity index is 2.56. The third kappa shape index (κ3) is 2.13. The Morgan fingerprint density at radius 1 is 1.22 bits per heavy atom. The summed E-state index contributed by atoms with van der Waals surface area (Å²) in [7, 11) is 0. The van der Waals surface area contributed by atoms with Crippen molar-refractivity contribution in [3.63, 3.8) is 0 Å².